The first-order valence-electron chi connectivity index (χ1n) is 11.8. The van der Waals surface area contributed by atoms with Crippen LogP contribution < -0.4 is 10.6 Å². The number of hydrogen-bond acceptors (Lipinski definition) is 5. The fraction of sp³-hybridized carbons (Fsp3) is 0.423. The van der Waals surface area contributed by atoms with Crippen molar-refractivity contribution < 1.29 is 29.0 Å². The Hall–Kier alpha value is -3.39. The molecule has 0 spiro atoms. The maximum absolute atomic E-state index is 12.9. The average molecular weight is 465 g/mol. The third-order valence-electron chi connectivity index (χ3n) is 7.16. The molecule has 3 aliphatic rings. The molecule has 0 radical (unpaired) electrons. The highest BCUT2D eigenvalue weighted by Gasteiger charge is 2.40. The van der Waals surface area contributed by atoms with Gasteiger partial charge in [-0.25, -0.2) is 9.59 Å². The highest BCUT2D eigenvalue weighted by molar-refractivity contribution is 5.83. The number of carbonyl (C=O) groups is 3. The highest BCUT2D eigenvalue weighted by atomic mass is 16.5. The molecule has 4 atom stereocenters. The molecule has 2 aromatic rings. The van der Waals surface area contributed by atoms with Gasteiger partial charge in [0, 0.05) is 18.6 Å². The average Bonchev–Trinajstić information content (AvgIpc) is 3.55. The molecule has 34 heavy (non-hydrogen) atoms. The molecule has 8 heteroatoms. The van der Waals surface area contributed by atoms with E-state index < -0.39 is 30.1 Å². The molecule has 2 aromatic carbocycles. The Kier molecular flexibility index (Phi) is 6.24. The van der Waals surface area contributed by atoms with Crippen LogP contribution in [-0.4, -0.2) is 54.5 Å². The van der Waals surface area contributed by atoms with E-state index in [1.165, 1.54) is 0 Å². The smallest absolute Gasteiger partial charge is 0.407 e. The van der Waals surface area contributed by atoms with E-state index in [4.69, 9.17) is 9.47 Å². The van der Waals surface area contributed by atoms with Gasteiger partial charge in [0.05, 0.1) is 12.0 Å². The summed E-state index contributed by atoms with van der Waals surface area (Å²) in [6, 6.07) is 15.4. The second-order valence-corrected chi connectivity index (χ2v) is 9.15. The number of alkyl carbamates (subject to hydrolysis) is 1. The molecule has 2 unspecified atom stereocenters. The Morgan fingerprint density at radius 3 is 2.26 bits per heavy atom. The lowest BCUT2D eigenvalue weighted by Gasteiger charge is -2.24. The van der Waals surface area contributed by atoms with E-state index in [1.54, 1.807) is 0 Å². The molecular formula is C26H28N2O6. The Bertz CT molecular complexity index is 1060. The Labute approximate surface area is 197 Å². The van der Waals surface area contributed by atoms with Gasteiger partial charge in [-0.1, -0.05) is 55.0 Å². The fourth-order valence-electron chi connectivity index (χ4n) is 5.51. The van der Waals surface area contributed by atoms with Crippen LogP contribution in [0.25, 0.3) is 11.1 Å². The third-order valence-corrected chi connectivity index (χ3v) is 7.16. The second kappa shape index (κ2) is 9.46. The van der Waals surface area contributed by atoms with Gasteiger partial charge in [-0.15, -0.1) is 0 Å². The number of carboxylic acid groups (broad SMARTS) is 1. The largest absolute Gasteiger partial charge is 0.479 e. The van der Waals surface area contributed by atoms with Gasteiger partial charge in [0.1, 0.15) is 6.61 Å². The van der Waals surface area contributed by atoms with Gasteiger partial charge in [-0.05, 0) is 41.5 Å². The van der Waals surface area contributed by atoms with Crippen molar-refractivity contribution in [2.75, 3.05) is 13.2 Å². The van der Waals surface area contributed by atoms with E-state index in [2.05, 4.69) is 34.9 Å². The number of amides is 2. The van der Waals surface area contributed by atoms with Gasteiger partial charge < -0.3 is 25.2 Å². The first kappa shape index (κ1) is 22.4. The molecule has 0 bridgehead atoms. The minimum absolute atomic E-state index is 0.0313. The molecule has 1 saturated carbocycles. The van der Waals surface area contributed by atoms with Gasteiger partial charge in [0.2, 0.25) is 5.91 Å². The van der Waals surface area contributed by atoms with Crippen LogP contribution in [0.3, 0.4) is 0 Å². The van der Waals surface area contributed by atoms with Crippen molar-refractivity contribution in [3.63, 3.8) is 0 Å². The maximum atomic E-state index is 12.9. The minimum Gasteiger partial charge on any atom is -0.479 e. The van der Waals surface area contributed by atoms with Crippen LogP contribution >= 0.6 is 0 Å². The first-order chi connectivity index (χ1) is 16.5. The van der Waals surface area contributed by atoms with E-state index in [0.29, 0.717) is 25.9 Å². The maximum Gasteiger partial charge on any atom is 0.407 e. The zero-order valence-electron chi connectivity index (χ0n) is 18.7. The number of carbonyl (C=O) groups excluding carboxylic acids is 2. The van der Waals surface area contributed by atoms with Crippen molar-refractivity contribution in [1.82, 2.24) is 10.6 Å². The number of carboxylic acids is 1. The number of hydrogen-bond donors (Lipinski definition) is 3. The molecule has 0 aromatic heterocycles. The molecular weight excluding hydrogens is 436 g/mol. The summed E-state index contributed by atoms with van der Waals surface area (Å²) in [7, 11) is 0. The summed E-state index contributed by atoms with van der Waals surface area (Å²) in [4.78, 5) is 36.8. The number of nitrogens with one attached hydrogen (secondary N) is 2. The van der Waals surface area contributed by atoms with E-state index in [0.717, 1.165) is 28.7 Å². The number of ether oxygens (including phenoxy) is 2. The highest BCUT2D eigenvalue weighted by Crippen LogP contribution is 2.44. The van der Waals surface area contributed by atoms with Crippen molar-refractivity contribution >= 4 is 18.0 Å². The molecule has 1 heterocycles. The lowest BCUT2D eigenvalue weighted by molar-refractivity contribution is -0.148. The zero-order chi connectivity index (χ0) is 23.7. The monoisotopic (exact) mass is 464 g/mol. The van der Waals surface area contributed by atoms with Crippen LogP contribution in [0.2, 0.25) is 0 Å². The molecule has 3 N–H and O–H groups in total. The van der Waals surface area contributed by atoms with Gasteiger partial charge >= 0.3 is 12.1 Å². The topological polar surface area (TPSA) is 114 Å². The zero-order valence-corrected chi connectivity index (χ0v) is 18.7. The molecule has 8 nitrogen and oxygen atoms in total. The quantitative estimate of drug-likeness (QED) is 0.606. The lowest BCUT2D eigenvalue weighted by atomic mass is 9.98. The summed E-state index contributed by atoms with van der Waals surface area (Å²) in [5.74, 6) is -1.78. The summed E-state index contributed by atoms with van der Waals surface area (Å²) >= 11 is 0. The standard InChI is InChI=1S/C26H28N2O6/c29-24(27-22-12-13-33-23(22)25(30)31)19-10-5-11-21(19)28-26(32)34-14-20-17-8-3-1-6-15(17)16-7-2-4-9-18(16)20/h1-4,6-9,19-23H,5,10-14H2,(H,27,29)(H,28,32)(H,30,31)/t19?,21?,22-,23+/m1/s1. The van der Waals surface area contributed by atoms with Gasteiger partial charge in [-0.2, -0.15) is 0 Å². The third kappa shape index (κ3) is 4.25. The number of fused-ring (bicyclic) bond motifs is 3. The predicted molar refractivity (Wildman–Crippen MR) is 123 cm³/mol. The molecule has 2 fully saturated rings. The number of benzene rings is 2. The van der Waals surface area contributed by atoms with Crippen molar-refractivity contribution in [2.45, 2.75) is 49.8 Å². The minimum atomic E-state index is -1.08. The summed E-state index contributed by atoms with van der Waals surface area (Å²) < 4.78 is 10.8. The van der Waals surface area contributed by atoms with Crippen molar-refractivity contribution in [1.29, 1.82) is 0 Å². The SMILES string of the molecule is O=C(NC1CCCC1C(=O)N[C@@H]1CCO[C@@H]1C(=O)O)OCC1c2ccccc2-c2ccccc21. The van der Waals surface area contributed by atoms with Gasteiger partial charge in [-0.3, -0.25) is 4.79 Å². The normalized spacial score (nSPS) is 25.4. The van der Waals surface area contributed by atoms with Gasteiger partial charge in [0.15, 0.2) is 6.10 Å². The lowest BCUT2D eigenvalue weighted by Crippen LogP contribution is -2.50. The predicted octanol–water partition coefficient (Wildman–Crippen LogP) is 3.05. The second-order valence-electron chi connectivity index (χ2n) is 9.15. The molecule has 2 aliphatic carbocycles. The van der Waals surface area contributed by atoms with Crippen molar-refractivity contribution in [2.24, 2.45) is 5.92 Å². The van der Waals surface area contributed by atoms with E-state index in [-0.39, 0.29) is 24.5 Å². The van der Waals surface area contributed by atoms with E-state index in [1.807, 2.05) is 24.3 Å². The number of aliphatic carboxylic acids is 1. The van der Waals surface area contributed by atoms with Crippen molar-refractivity contribution in [3.05, 3.63) is 59.7 Å². The van der Waals surface area contributed by atoms with E-state index >= 15 is 0 Å². The fourth-order valence-corrected chi connectivity index (χ4v) is 5.51. The summed E-state index contributed by atoms with van der Waals surface area (Å²) in [5, 5.41) is 14.9. The molecule has 1 saturated heterocycles. The number of rotatable bonds is 6. The van der Waals surface area contributed by atoms with Crippen LogP contribution in [0.4, 0.5) is 4.79 Å². The summed E-state index contributed by atoms with van der Waals surface area (Å²) in [6.07, 6.45) is 0.991. The first-order valence-corrected chi connectivity index (χ1v) is 11.8. The van der Waals surface area contributed by atoms with Crippen LogP contribution in [0.1, 0.15) is 42.7 Å². The van der Waals surface area contributed by atoms with Crippen LogP contribution in [0.5, 0.6) is 0 Å². The Morgan fingerprint density at radius 1 is 0.912 bits per heavy atom. The van der Waals surface area contributed by atoms with Crippen LogP contribution in [-0.2, 0) is 19.1 Å². The summed E-state index contributed by atoms with van der Waals surface area (Å²) in [6.45, 7) is 0.511. The van der Waals surface area contributed by atoms with Crippen LogP contribution in [0.15, 0.2) is 48.5 Å². The Balaban J connectivity index is 1.19. The molecule has 2 amide bonds. The van der Waals surface area contributed by atoms with Gasteiger partial charge in [0.25, 0.3) is 0 Å². The van der Waals surface area contributed by atoms with Crippen molar-refractivity contribution in [3.8, 4) is 11.1 Å². The Morgan fingerprint density at radius 2 is 1.59 bits per heavy atom. The molecule has 178 valence electrons. The summed E-state index contributed by atoms with van der Waals surface area (Å²) in [5.41, 5.74) is 4.60. The van der Waals surface area contributed by atoms with E-state index in [9.17, 15) is 19.5 Å². The molecule has 1 aliphatic heterocycles. The van der Waals surface area contributed by atoms with Crippen LogP contribution in [0, 0.1) is 5.92 Å². The molecule has 5 rings (SSSR count).